The Bertz CT molecular complexity index is 2810. The third-order valence-corrected chi connectivity index (χ3v) is 12.7. The Morgan fingerprint density at radius 3 is 1.81 bits per heavy atom. The molecule has 0 radical (unpaired) electrons. The van der Waals surface area contributed by atoms with E-state index in [1.807, 2.05) is 18.2 Å². The van der Waals surface area contributed by atoms with Gasteiger partial charge in [0, 0.05) is 16.7 Å². The van der Waals surface area contributed by atoms with Gasteiger partial charge in [0.2, 0.25) is 0 Å². The van der Waals surface area contributed by atoms with Gasteiger partial charge in [-0.05, 0) is 129 Å². The fourth-order valence-electron chi connectivity index (χ4n) is 10.5. The Morgan fingerprint density at radius 1 is 0.491 bits per heavy atom. The molecule has 4 nitrogen and oxygen atoms in total. The van der Waals surface area contributed by atoms with Crippen LogP contribution in [0.4, 0.5) is 0 Å². The number of hydrogen-bond acceptors (Lipinski definition) is 4. The van der Waals surface area contributed by atoms with Crippen molar-refractivity contribution in [2.75, 3.05) is 0 Å². The molecule has 8 aromatic rings. The van der Waals surface area contributed by atoms with E-state index in [0.717, 1.165) is 61.7 Å². The maximum atomic E-state index is 9.53. The predicted octanol–water partition coefficient (Wildman–Crippen LogP) is 13.5. The van der Waals surface area contributed by atoms with Crippen molar-refractivity contribution in [1.82, 2.24) is 15.0 Å². The zero-order valence-corrected chi connectivity index (χ0v) is 32.5. The van der Waals surface area contributed by atoms with Crippen molar-refractivity contribution in [2.45, 2.75) is 51.4 Å². The van der Waals surface area contributed by atoms with E-state index in [4.69, 9.17) is 15.0 Å². The summed E-state index contributed by atoms with van der Waals surface area (Å²) in [6.45, 7) is 4.91. The molecule has 4 heteroatoms. The predicted molar refractivity (Wildman–Crippen MR) is 233 cm³/mol. The van der Waals surface area contributed by atoms with Gasteiger partial charge in [-0.15, -0.1) is 0 Å². The summed E-state index contributed by atoms with van der Waals surface area (Å²) in [7, 11) is 0. The molecule has 7 aromatic carbocycles. The highest BCUT2D eigenvalue weighted by atomic mass is 15.0. The van der Waals surface area contributed by atoms with E-state index in [9.17, 15) is 5.26 Å². The van der Waals surface area contributed by atoms with Crippen LogP contribution < -0.4 is 0 Å². The maximum Gasteiger partial charge on any atom is 0.164 e. The first-order valence-corrected chi connectivity index (χ1v) is 20.4. The number of aromatic nitrogens is 3. The molecule has 2 fully saturated rings. The van der Waals surface area contributed by atoms with Crippen LogP contribution in [-0.4, -0.2) is 15.0 Å². The molecule has 0 saturated heterocycles. The second-order valence-electron chi connectivity index (χ2n) is 16.9. The van der Waals surface area contributed by atoms with E-state index in [1.165, 1.54) is 54.2 Å². The first-order chi connectivity index (χ1) is 27.9. The van der Waals surface area contributed by atoms with Crippen molar-refractivity contribution >= 4 is 21.5 Å². The molecule has 1 unspecified atom stereocenters. The van der Waals surface area contributed by atoms with Gasteiger partial charge in [-0.1, -0.05) is 141 Å². The highest BCUT2D eigenvalue weighted by Crippen LogP contribution is 2.54. The van der Waals surface area contributed by atoms with Crippen molar-refractivity contribution in [2.24, 2.45) is 17.8 Å². The number of hydrogen-bond donors (Lipinski definition) is 0. The molecule has 0 spiro atoms. The topological polar surface area (TPSA) is 62.5 Å². The average Bonchev–Trinajstić information content (AvgIpc) is 3.25. The molecule has 276 valence electrons. The fraction of sp³-hybridized carbons (Fsp3) is 0.208. The summed E-state index contributed by atoms with van der Waals surface area (Å²) >= 11 is 0. The van der Waals surface area contributed by atoms with Crippen LogP contribution in [0, 0.1) is 29.1 Å². The SMILES string of the molecule is C[C@@H]1C[C@@H]2C[C@H](C)CC(c3ccc(-c4nc(-c5cccc(-c6cccc7cc(C#N)ccc67)c5)nc(-c5ccc6cccc(-c7ccccc7)c6c5)n4)cc3)(C1)C2. The van der Waals surface area contributed by atoms with Gasteiger partial charge in [-0.25, -0.2) is 15.0 Å². The van der Waals surface area contributed by atoms with Crippen LogP contribution in [-0.2, 0) is 5.41 Å². The number of nitriles is 1. The van der Waals surface area contributed by atoms with Gasteiger partial charge in [0.05, 0.1) is 11.6 Å². The lowest BCUT2D eigenvalue weighted by atomic mass is 9.54. The van der Waals surface area contributed by atoms with Crippen LogP contribution in [0.25, 0.3) is 78.0 Å². The van der Waals surface area contributed by atoms with Crippen molar-refractivity contribution < 1.29 is 0 Å². The number of benzene rings is 7. The summed E-state index contributed by atoms with van der Waals surface area (Å²) < 4.78 is 0. The number of nitrogens with zero attached hydrogens (tertiary/aromatic N) is 4. The quantitative estimate of drug-likeness (QED) is 0.170. The standard InChI is InChI=1S/C53H44N4/c1-34-25-37-26-35(2)31-53(30-34,32-37)45-22-20-40(21-23-45)50-55-51(43-14-6-12-42(28-43)47-16-8-13-41-27-36(33-54)17-24-48(41)47)57-52(56-50)44-19-18-39-11-7-15-46(49(39)29-44)38-9-4-3-5-10-38/h3-24,27-29,34-35,37H,25-26,30-32H2,1-2H3/t34-,35+,37-,53?. The summed E-state index contributed by atoms with van der Waals surface area (Å²) in [6, 6.07) is 55.7. The second kappa shape index (κ2) is 14.3. The van der Waals surface area contributed by atoms with E-state index in [0.29, 0.717) is 23.0 Å². The Morgan fingerprint density at radius 2 is 1.09 bits per heavy atom. The van der Waals surface area contributed by atoms with Gasteiger partial charge in [0.15, 0.2) is 17.5 Å². The molecule has 0 aliphatic heterocycles. The zero-order valence-electron chi connectivity index (χ0n) is 32.5. The van der Waals surface area contributed by atoms with Crippen molar-refractivity contribution in [3.8, 4) is 62.5 Å². The Hall–Kier alpha value is -6.44. The van der Waals surface area contributed by atoms with Gasteiger partial charge in [-0.2, -0.15) is 5.26 Å². The summed E-state index contributed by atoms with van der Waals surface area (Å²) in [5.41, 5.74) is 9.76. The highest BCUT2D eigenvalue weighted by Gasteiger charge is 2.45. The maximum absolute atomic E-state index is 9.53. The van der Waals surface area contributed by atoms with Gasteiger partial charge in [-0.3, -0.25) is 0 Å². The first-order valence-electron chi connectivity index (χ1n) is 20.4. The molecule has 10 rings (SSSR count). The van der Waals surface area contributed by atoms with Crippen LogP contribution in [0.5, 0.6) is 0 Å². The van der Waals surface area contributed by atoms with E-state index in [-0.39, 0.29) is 5.41 Å². The lowest BCUT2D eigenvalue weighted by molar-refractivity contribution is 0.0780. The van der Waals surface area contributed by atoms with Crippen LogP contribution in [0.3, 0.4) is 0 Å². The van der Waals surface area contributed by atoms with Crippen LogP contribution in [0.1, 0.15) is 57.1 Å². The van der Waals surface area contributed by atoms with Gasteiger partial charge in [0.1, 0.15) is 0 Å². The lowest BCUT2D eigenvalue weighted by Gasteiger charge is -2.50. The molecule has 2 aliphatic carbocycles. The number of fused-ring (bicyclic) bond motifs is 4. The summed E-state index contributed by atoms with van der Waals surface area (Å²) in [6.07, 6.45) is 6.58. The van der Waals surface area contributed by atoms with Crippen molar-refractivity contribution in [3.63, 3.8) is 0 Å². The van der Waals surface area contributed by atoms with Gasteiger partial charge < -0.3 is 0 Å². The fourth-order valence-corrected chi connectivity index (χ4v) is 10.5. The Balaban J connectivity index is 1.10. The van der Waals surface area contributed by atoms with E-state index < -0.39 is 0 Å². The molecule has 57 heavy (non-hydrogen) atoms. The van der Waals surface area contributed by atoms with E-state index >= 15 is 0 Å². The molecule has 1 aromatic heterocycles. The first kappa shape index (κ1) is 35.0. The highest BCUT2D eigenvalue weighted by molar-refractivity contribution is 5.99. The number of rotatable bonds is 6. The molecule has 2 saturated carbocycles. The van der Waals surface area contributed by atoms with E-state index in [2.05, 4.69) is 153 Å². The van der Waals surface area contributed by atoms with Gasteiger partial charge >= 0.3 is 0 Å². The van der Waals surface area contributed by atoms with E-state index in [1.54, 1.807) is 0 Å². The van der Waals surface area contributed by atoms with Crippen molar-refractivity contribution in [1.29, 1.82) is 5.26 Å². The zero-order chi connectivity index (χ0) is 38.5. The van der Waals surface area contributed by atoms with Crippen molar-refractivity contribution in [3.05, 3.63) is 163 Å². The minimum Gasteiger partial charge on any atom is -0.208 e. The normalized spacial score (nSPS) is 20.3. The van der Waals surface area contributed by atoms with Crippen LogP contribution in [0.2, 0.25) is 0 Å². The monoisotopic (exact) mass is 736 g/mol. The molecule has 1 heterocycles. The lowest BCUT2D eigenvalue weighted by Crippen LogP contribution is -2.42. The second-order valence-corrected chi connectivity index (χ2v) is 16.9. The minimum atomic E-state index is 0.258. The average molecular weight is 737 g/mol. The third-order valence-electron chi connectivity index (χ3n) is 12.7. The summed E-state index contributed by atoms with van der Waals surface area (Å²) in [4.78, 5) is 15.7. The largest absolute Gasteiger partial charge is 0.208 e. The van der Waals surface area contributed by atoms with Gasteiger partial charge in [0.25, 0.3) is 0 Å². The Kier molecular flexibility index (Phi) is 8.75. The van der Waals surface area contributed by atoms with Crippen LogP contribution >= 0.6 is 0 Å². The summed E-state index contributed by atoms with van der Waals surface area (Å²) in [5.74, 6) is 4.29. The molecule has 4 atom stereocenters. The molecular formula is C53H44N4. The molecule has 2 bridgehead atoms. The third kappa shape index (κ3) is 6.58. The molecule has 0 amide bonds. The summed E-state index contributed by atoms with van der Waals surface area (Å²) in [5, 5.41) is 14.0. The molecule has 0 N–H and O–H groups in total. The Labute approximate surface area is 334 Å². The molecule has 2 aliphatic rings. The minimum absolute atomic E-state index is 0.258. The smallest absolute Gasteiger partial charge is 0.164 e. The molecular weight excluding hydrogens is 693 g/mol. The van der Waals surface area contributed by atoms with Crippen LogP contribution in [0.15, 0.2) is 152 Å².